The van der Waals surface area contributed by atoms with Gasteiger partial charge in [-0.25, -0.2) is 0 Å². The SMILES string of the molecule is Clc1ccc2c(c1)CCN2Cc1ccccc1. The van der Waals surface area contributed by atoms with Gasteiger partial charge in [-0.1, -0.05) is 41.9 Å². The Hall–Kier alpha value is -1.47. The van der Waals surface area contributed by atoms with Gasteiger partial charge in [-0.3, -0.25) is 0 Å². The number of nitrogens with zero attached hydrogens (tertiary/aromatic N) is 1. The van der Waals surface area contributed by atoms with Crippen molar-refractivity contribution in [3.63, 3.8) is 0 Å². The van der Waals surface area contributed by atoms with E-state index < -0.39 is 0 Å². The van der Waals surface area contributed by atoms with Gasteiger partial charge in [-0.2, -0.15) is 0 Å². The van der Waals surface area contributed by atoms with Crippen LogP contribution in [0.5, 0.6) is 0 Å². The molecule has 0 saturated heterocycles. The molecule has 0 saturated carbocycles. The molecule has 3 rings (SSSR count). The van der Waals surface area contributed by atoms with Crippen LogP contribution in [0.2, 0.25) is 5.02 Å². The monoisotopic (exact) mass is 243 g/mol. The van der Waals surface area contributed by atoms with Crippen molar-refractivity contribution in [2.75, 3.05) is 11.4 Å². The normalized spacial score (nSPS) is 13.8. The Labute approximate surface area is 107 Å². The molecule has 0 N–H and O–H groups in total. The Morgan fingerprint density at radius 2 is 1.88 bits per heavy atom. The standard InChI is InChI=1S/C15H14ClN/c16-14-6-7-15-13(10-14)8-9-17(15)11-12-4-2-1-3-5-12/h1-7,10H,8-9,11H2. The fourth-order valence-electron chi connectivity index (χ4n) is 2.41. The predicted molar refractivity (Wildman–Crippen MR) is 72.6 cm³/mol. The Kier molecular flexibility index (Phi) is 2.77. The Morgan fingerprint density at radius 1 is 1.06 bits per heavy atom. The van der Waals surface area contributed by atoms with E-state index in [1.807, 2.05) is 6.07 Å². The molecule has 2 aromatic carbocycles. The zero-order chi connectivity index (χ0) is 11.7. The average molecular weight is 244 g/mol. The third kappa shape index (κ3) is 2.16. The van der Waals surface area contributed by atoms with Crippen LogP contribution in [0.15, 0.2) is 48.5 Å². The largest absolute Gasteiger partial charge is 0.367 e. The van der Waals surface area contributed by atoms with Crippen LogP contribution < -0.4 is 4.90 Å². The fourth-order valence-corrected chi connectivity index (χ4v) is 2.60. The maximum atomic E-state index is 6.01. The topological polar surface area (TPSA) is 3.24 Å². The van der Waals surface area contributed by atoms with Gasteiger partial charge in [0.25, 0.3) is 0 Å². The van der Waals surface area contributed by atoms with Gasteiger partial charge in [0.2, 0.25) is 0 Å². The van der Waals surface area contributed by atoms with Crippen molar-refractivity contribution in [2.24, 2.45) is 0 Å². The summed E-state index contributed by atoms with van der Waals surface area (Å²) < 4.78 is 0. The van der Waals surface area contributed by atoms with E-state index in [9.17, 15) is 0 Å². The lowest BCUT2D eigenvalue weighted by Gasteiger charge is -2.19. The summed E-state index contributed by atoms with van der Waals surface area (Å²) >= 11 is 6.01. The van der Waals surface area contributed by atoms with Crippen molar-refractivity contribution in [1.82, 2.24) is 0 Å². The van der Waals surface area contributed by atoms with Gasteiger partial charge in [0.1, 0.15) is 0 Å². The molecular weight excluding hydrogens is 230 g/mol. The van der Waals surface area contributed by atoms with E-state index in [0.717, 1.165) is 24.5 Å². The minimum atomic E-state index is 0.838. The number of benzene rings is 2. The Morgan fingerprint density at radius 3 is 2.71 bits per heavy atom. The zero-order valence-corrected chi connectivity index (χ0v) is 10.3. The van der Waals surface area contributed by atoms with Crippen molar-refractivity contribution >= 4 is 17.3 Å². The van der Waals surface area contributed by atoms with Crippen LogP contribution in [0, 0.1) is 0 Å². The first-order valence-corrected chi connectivity index (χ1v) is 6.28. The molecule has 17 heavy (non-hydrogen) atoms. The number of halogens is 1. The highest BCUT2D eigenvalue weighted by atomic mass is 35.5. The number of rotatable bonds is 2. The molecule has 0 aliphatic carbocycles. The van der Waals surface area contributed by atoms with Crippen LogP contribution in [0.25, 0.3) is 0 Å². The molecule has 2 aromatic rings. The van der Waals surface area contributed by atoms with Crippen molar-refractivity contribution in [3.8, 4) is 0 Å². The predicted octanol–water partition coefficient (Wildman–Crippen LogP) is 3.90. The second-order valence-corrected chi connectivity index (χ2v) is 4.87. The molecule has 2 heteroatoms. The van der Waals surface area contributed by atoms with E-state index in [2.05, 4.69) is 47.4 Å². The minimum Gasteiger partial charge on any atom is -0.367 e. The molecule has 1 heterocycles. The molecule has 0 unspecified atom stereocenters. The zero-order valence-electron chi connectivity index (χ0n) is 9.57. The van der Waals surface area contributed by atoms with Gasteiger partial charge in [0.15, 0.2) is 0 Å². The molecule has 0 atom stereocenters. The summed E-state index contributed by atoms with van der Waals surface area (Å²) in [5.74, 6) is 0. The molecule has 0 spiro atoms. The Balaban J connectivity index is 1.85. The number of hydrogen-bond donors (Lipinski definition) is 0. The summed E-state index contributed by atoms with van der Waals surface area (Å²) in [6, 6.07) is 16.8. The second kappa shape index (κ2) is 4.42. The molecule has 0 radical (unpaired) electrons. The van der Waals surface area contributed by atoms with Crippen molar-refractivity contribution in [3.05, 3.63) is 64.7 Å². The smallest absolute Gasteiger partial charge is 0.0429 e. The quantitative estimate of drug-likeness (QED) is 0.773. The molecule has 1 nitrogen and oxygen atoms in total. The maximum absolute atomic E-state index is 6.01. The molecular formula is C15H14ClN. The van der Waals surface area contributed by atoms with Gasteiger partial charge in [-0.15, -0.1) is 0 Å². The van der Waals surface area contributed by atoms with Crippen LogP contribution in [0.3, 0.4) is 0 Å². The molecule has 0 amide bonds. The first kappa shape index (κ1) is 10.7. The molecule has 1 aliphatic rings. The number of anilines is 1. The van der Waals surface area contributed by atoms with Crippen molar-refractivity contribution in [2.45, 2.75) is 13.0 Å². The summed E-state index contributed by atoms with van der Waals surface area (Å²) in [5, 5.41) is 0.838. The van der Waals surface area contributed by atoms with Gasteiger partial charge in [-0.05, 0) is 35.7 Å². The minimum absolute atomic E-state index is 0.838. The highest BCUT2D eigenvalue weighted by Crippen LogP contribution is 2.31. The summed E-state index contributed by atoms with van der Waals surface area (Å²) in [5.41, 5.74) is 4.06. The third-order valence-corrected chi connectivity index (χ3v) is 3.48. The van der Waals surface area contributed by atoms with Crippen LogP contribution in [-0.4, -0.2) is 6.54 Å². The summed E-state index contributed by atoms with van der Waals surface area (Å²) in [6.07, 6.45) is 1.10. The maximum Gasteiger partial charge on any atom is 0.0429 e. The lowest BCUT2D eigenvalue weighted by atomic mass is 10.1. The second-order valence-electron chi connectivity index (χ2n) is 4.43. The highest BCUT2D eigenvalue weighted by Gasteiger charge is 2.18. The number of fused-ring (bicyclic) bond motifs is 1. The molecule has 0 bridgehead atoms. The highest BCUT2D eigenvalue weighted by molar-refractivity contribution is 6.30. The lowest BCUT2D eigenvalue weighted by Crippen LogP contribution is -2.19. The summed E-state index contributed by atoms with van der Waals surface area (Å²) in [4.78, 5) is 2.42. The van der Waals surface area contributed by atoms with Gasteiger partial charge in [0.05, 0.1) is 0 Å². The van der Waals surface area contributed by atoms with Gasteiger partial charge >= 0.3 is 0 Å². The van der Waals surface area contributed by atoms with E-state index in [4.69, 9.17) is 11.6 Å². The molecule has 1 aliphatic heterocycles. The van der Waals surface area contributed by atoms with E-state index >= 15 is 0 Å². The third-order valence-electron chi connectivity index (χ3n) is 3.25. The fraction of sp³-hybridized carbons (Fsp3) is 0.200. The molecule has 0 fully saturated rings. The molecule has 0 aromatic heterocycles. The van der Waals surface area contributed by atoms with E-state index in [1.54, 1.807) is 0 Å². The van der Waals surface area contributed by atoms with E-state index in [-0.39, 0.29) is 0 Å². The van der Waals surface area contributed by atoms with Gasteiger partial charge in [0, 0.05) is 23.8 Å². The number of hydrogen-bond acceptors (Lipinski definition) is 1. The van der Waals surface area contributed by atoms with E-state index in [1.165, 1.54) is 16.8 Å². The molecule has 86 valence electrons. The van der Waals surface area contributed by atoms with Crippen LogP contribution in [-0.2, 0) is 13.0 Å². The first-order chi connectivity index (χ1) is 8.33. The Bertz CT molecular complexity index is 522. The summed E-state index contributed by atoms with van der Waals surface area (Å²) in [6.45, 7) is 2.07. The van der Waals surface area contributed by atoms with Gasteiger partial charge < -0.3 is 4.90 Å². The summed E-state index contributed by atoms with van der Waals surface area (Å²) in [7, 11) is 0. The van der Waals surface area contributed by atoms with E-state index in [0.29, 0.717) is 0 Å². The first-order valence-electron chi connectivity index (χ1n) is 5.90. The average Bonchev–Trinajstić information content (AvgIpc) is 2.73. The van der Waals surface area contributed by atoms with Crippen LogP contribution >= 0.6 is 11.6 Å². The van der Waals surface area contributed by atoms with Crippen LogP contribution in [0.4, 0.5) is 5.69 Å². The lowest BCUT2D eigenvalue weighted by molar-refractivity contribution is 0.836. The van der Waals surface area contributed by atoms with Crippen molar-refractivity contribution < 1.29 is 0 Å². The van der Waals surface area contributed by atoms with Crippen molar-refractivity contribution in [1.29, 1.82) is 0 Å². The van der Waals surface area contributed by atoms with Crippen LogP contribution in [0.1, 0.15) is 11.1 Å².